The number of unbranched alkanes of at least 4 members (excludes halogenated alkanes) is 1. The van der Waals surface area contributed by atoms with E-state index in [9.17, 15) is 19.5 Å². The quantitative estimate of drug-likeness (QED) is 0.106. The number of rotatable bonds is 9. The van der Waals surface area contributed by atoms with Crippen molar-refractivity contribution >= 4 is 40.6 Å². The summed E-state index contributed by atoms with van der Waals surface area (Å²) in [6, 6.07) is 14.7. The van der Waals surface area contributed by atoms with E-state index in [2.05, 4.69) is 15.6 Å². The van der Waals surface area contributed by atoms with Gasteiger partial charge in [-0.1, -0.05) is 13.3 Å². The van der Waals surface area contributed by atoms with Gasteiger partial charge in [-0.05, 0) is 66.4 Å². The second kappa shape index (κ2) is 11.6. The lowest BCUT2D eigenvalue weighted by atomic mass is 9.92. The molecule has 1 aliphatic heterocycles. The van der Waals surface area contributed by atoms with Crippen LogP contribution in [0, 0.1) is 5.41 Å². The van der Waals surface area contributed by atoms with Gasteiger partial charge in [0, 0.05) is 50.5 Å². The number of nitrogens with two attached hydrogens (primary N) is 1. The number of pyridine rings is 1. The van der Waals surface area contributed by atoms with Crippen molar-refractivity contribution in [1.29, 1.82) is 5.41 Å². The molecule has 0 aliphatic carbocycles. The number of nitrogens with one attached hydrogen (secondary N) is 3. The zero-order valence-electron chi connectivity index (χ0n) is 22.1. The molecule has 1 aliphatic rings. The third-order valence-corrected chi connectivity index (χ3v) is 7.62. The lowest BCUT2D eigenvalue weighted by molar-refractivity contribution is 0.0691. The van der Waals surface area contributed by atoms with Crippen LogP contribution in [0.2, 0.25) is 0 Å². The smallest absolute Gasteiger partial charge is 0.355 e. The van der Waals surface area contributed by atoms with Crippen LogP contribution in [0.5, 0.6) is 5.75 Å². The van der Waals surface area contributed by atoms with E-state index in [1.807, 2.05) is 18.4 Å². The molecule has 208 valence electrons. The number of carboxylic acids is 1. The summed E-state index contributed by atoms with van der Waals surface area (Å²) in [6.07, 6.45) is 1.68. The molecule has 0 saturated heterocycles. The van der Waals surface area contributed by atoms with E-state index in [0.717, 1.165) is 28.8 Å². The molecule has 3 heterocycles. The molecular formula is C30H27N5O5S. The highest BCUT2D eigenvalue weighted by atomic mass is 32.1. The highest BCUT2D eigenvalue weighted by Crippen LogP contribution is 2.44. The van der Waals surface area contributed by atoms with Crippen LogP contribution in [-0.4, -0.2) is 40.3 Å². The topological polar surface area (TPSA) is 167 Å². The van der Waals surface area contributed by atoms with Crippen LogP contribution in [0.15, 0.2) is 60.0 Å². The lowest BCUT2D eigenvalue weighted by Crippen LogP contribution is -2.26. The number of thiophene rings is 1. The molecule has 0 fully saturated rings. The fourth-order valence-electron chi connectivity index (χ4n) is 4.50. The van der Waals surface area contributed by atoms with Crippen LogP contribution in [0.1, 0.15) is 62.2 Å². The summed E-state index contributed by atoms with van der Waals surface area (Å²) in [5.74, 6) is -1.88. The molecule has 2 amide bonds. The largest absolute Gasteiger partial charge is 0.488 e. The van der Waals surface area contributed by atoms with Gasteiger partial charge in [-0.3, -0.25) is 15.0 Å². The van der Waals surface area contributed by atoms with Crippen molar-refractivity contribution in [3.63, 3.8) is 0 Å². The summed E-state index contributed by atoms with van der Waals surface area (Å²) in [5, 5.41) is 25.2. The van der Waals surface area contributed by atoms with Gasteiger partial charge in [0.1, 0.15) is 23.9 Å². The second-order valence-electron chi connectivity index (χ2n) is 9.41. The Labute approximate surface area is 239 Å². The van der Waals surface area contributed by atoms with Gasteiger partial charge in [-0.15, -0.1) is 11.3 Å². The monoisotopic (exact) mass is 569 g/mol. The number of hydrogen-bond donors (Lipinski definition) is 5. The van der Waals surface area contributed by atoms with Crippen molar-refractivity contribution in [3.8, 4) is 27.3 Å². The predicted octanol–water partition coefficient (Wildman–Crippen LogP) is 5.13. The average molecular weight is 570 g/mol. The Morgan fingerprint density at radius 1 is 1.05 bits per heavy atom. The maximum Gasteiger partial charge on any atom is 0.355 e. The molecule has 0 saturated carbocycles. The molecule has 0 unspecified atom stereocenters. The normalized spacial score (nSPS) is 11.5. The number of nitrogen functional groups attached to an aromatic ring is 1. The Bertz CT molecular complexity index is 1680. The molecule has 6 N–H and O–H groups in total. The van der Waals surface area contributed by atoms with Crippen molar-refractivity contribution in [1.82, 2.24) is 10.3 Å². The fourth-order valence-corrected chi connectivity index (χ4v) is 5.43. The third kappa shape index (κ3) is 5.66. The summed E-state index contributed by atoms with van der Waals surface area (Å²) in [6.45, 7) is 2.80. The van der Waals surface area contributed by atoms with Crippen molar-refractivity contribution < 1.29 is 24.2 Å². The van der Waals surface area contributed by atoms with Crippen molar-refractivity contribution in [2.75, 3.05) is 11.9 Å². The number of carbonyl (C=O) groups excluding carboxylic acids is 2. The Kier molecular flexibility index (Phi) is 7.79. The maximum atomic E-state index is 13.7. The molecule has 0 radical (unpaired) electrons. The van der Waals surface area contributed by atoms with E-state index in [4.69, 9.17) is 15.9 Å². The molecule has 10 nitrogen and oxygen atoms in total. The highest BCUT2D eigenvalue weighted by Gasteiger charge is 2.27. The van der Waals surface area contributed by atoms with E-state index in [1.54, 1.807) is 36.4 Å². The maximum absolute atomic E-state index is 13.7. The van der Waals surface area contributed by atoms with Gasteiger partial charge in [0.15, 0.2) is 5.69 Å². The van der Waals surface area contributed by atoms with E-state index in [-0.39, 0.29) is 28.4 Å². The number of aromatic nitrogens is 1. The van der Waals surface area contributed by atoms with Crippen LogP contribution in [-0.2, 0) is 6.61 Å². The summed E-state index contributed by atoms with van der Waals surface area (Å²) in [7, 11) is 0. The summed E-state index contributed by atoms with van der Waals surface area (Å²) in [5.41, 5.74) is 8.51. The summed E-state index contributed by atoms with van der Waals surface area (Å²) < 4.78 is 5.99. The van der Waals surface area contributed by atoms with Gasteiger partial charge in [0.25, 0.3) is 11.8 Å². The first-order valence-electron chi connectivity index (χ1n) is 12.9. The van der Waals surface area contributed by atoms with Crippen molar-refractivity contribution in [2.45, 2.75) is 26.4 Å². The average Bonchev–Trinajstić information content (AvgIpc) is 3.46. The first-order valence-corrected chi connectivity index (χ1v) is 13.8. The van der Waals surface area contributed by atoms with E-state index < -0.39 is 17.8 Å². The Balaban J connectivity index is 1.60. The molecule has 41 heavy (non-hydrogen) atoms. The first kappa shape index (κ1) is 27.5. The third-order valence-electron chi connectivity index (χ3n) is 6.63. The molecular weight excluding hydrogens is 542 g/mol. The number of ether oxygens (including phenoxy) is 1. The van der Waals surface area contributed by atoms with E-state index in [0.29, 0.717) is 35.7 Å². The van der Waals surface area contributed by atoms with Crippen LogP contribution in [0.3, 0.4) is 0 Å². The highest BCUT2D eigenvalue weighted by molar-refractivity contribution is 7.13. The number of fused-ring (bicyclic) bond motifs is 3. The number of carboxylic acid groups (broad SMARTS) is 1. The van der Waals surface area contributed by atoms with Crippen LogP contribution >= 0.6 is 11.3 Å². The predicted molar refractivity (Wildman–Crippen MR) is 157 cm³/mol. The minimum absolute atomic E-state index is 0.0312. The number of amides is 2. The van der Waals surface area contributed by atoms with Crippen molar-refractivity contribution in [2.24, 2.45) is 5.73 Å². The zero-order valence-corrected chi connectivity index (χ0v) is 22.9. The Morgan fingerprint density at radius 3 is 2.54 bits per heavy atom. The number of anilines is 1. The number of benzene rings is 2. The minimum Gasteiger partial charge on any atom is -0.488 e. The number of aromatic carboxylic acids is 1. The fraction of sp³-hybridized carbons (Fsp3) is 0.167. The van der Waals surface area contributed by atoms with Gasteiger partial charge in [0.05, 0.1) is 0 Å². The zero-order chi connectivity index (χ0) is 29.1. The SMILES string of the molecule is CCCCNC(=O)c1ccc(-c2cc3c(cc2C(=O)Nc2ccc(C(=N)N)cc2)-c2sccc2CO3)c(C(=O)O)n1. The van der Waals surface area contributed by atoms with Gasteiger partial charge in [0.2, 0.25) is 0 Å². The summed E-state index contributed by atoms with van der Waals surface area (Å²) in [4.78, 5) is 43.8. The molecule has 2 aromatic heterocycles. The molecule has 4 aromatic rings. The Hall–Kier alpha value is -5.03. The van der Waals surface area contributed by atoms with Gasteiger partial charge < -0.3 is 26.2 Å². The van der Waals surface area contributed by atoms with Crippen molar-refractivity contribution in [3.05, 3.63) is 88.1 Å². The number of carbonyl (C=O) groups is 3. The molecule has 0 spiro atoms. The van der Waals surface area contributed by atoms with E-state index in [1.165, 1.54) is 23.5 Å². The molecule has 11 heteroatoms. The standard InChI is InChI=1S/C30H27N5O5S/c1-2-3-11-33-29(37)23-9-8-19(25(35-23)30(38)39)20-14-24-22(26-17(15-40-24)10-12-41-26)13-21(20)28(36)34-18-6-4-16(5-7-18)27(31)32/h4-10,12-14H,2-3,11,15H2,1H3,(H3,31,32)(H,33,37)(H,34,36)(H,38,39). The second-order valence-corrected chi connectivity index (χ2v) is 10.3. The van der Waals surface area contributed by atoms with Crippen LogP contribution in [0.4, 0.5) is 5.69 Å². The van der Waals surface area contributed by atoms with Gasteiger partial charge in [-0.25, -0.2) is 9.78 Å². The first-order chi connectivity index (χ1) is 19.8. The molecule has 2 aromatic carbocycles. The number of nitrogens with zero attached hydrogens (tertiary/aromatic N) is 1. The molecule has 0 atom stereocenters. The number of hydrogen-bond acceptors (Lipinski definition) is 7. The van der Waals surface area contributed by atoms with Crippen LogP contribution in [0.25, 0.3) is 21.6 Å². The number of amidine groups is 1. The van der Waals surface area contributed by atoms with Gasteiger partial charge >= 0.3 is 5.97 Å². The van der Waals surface area contributed by atoms with Crippen LogP contribution < -0.4 is 21.1 Å². The minimum atomic E-state index is -1.34. The lowest BCUT2D eigenvalue weighted by Gasteiger charge is -2.21. The summed E-state index contributed by atoms with van der Waals surface area (Å²) >= 11 is 1.53. The Morgan fingerprint density at radius 2 is 1.83 bits per heavy atom. The van der Waals surface area contributed by atoms with Gasteiger partial charge in [-0.2, -0.15) is 0 Å². The molecule has 5 rings (SSSR count). The molecule has 0 bridgehead atoms. The van der Waals surface area contributed by atoms with E-state index >= 15 is 0 Å².